The summed E-state index contributed by atoms with van der Waals surface area (Å²) in [7, 11) is 0. The van der Waals surface area contributed by atoms with Crippen molar-refractivity contribution in [1.29, 1.82) is 5.26 Å². The Kier molecular flexibility index (Phi) is 2.18. The molecule has 2 rings (SSSR count). The molecule has 0 spiro atoms. The second kappa shape index (κ2) is 3.36. The highest BCUT2D eigenvalue weighted by Gasteiger charge is 2.11. The normalized spacial score (nSPS) is 10.4. The molecule has 0 radical (unpaired) electrons. The third kappa shape index (κ3) is 1.18. The molecule has 2 heterocycles. The molecule has 0 saturated carbocycles. The van der Waals surface area contributed by atoms with Crippen molar-refractivity contribution in [2.75, 3.05) is 0 Å². The van der Waals surface area contributed by atoms with Crippen molar-refractivity contribution in [1.82, 2.24) is 4.40 Å². The Morgan fingerprint density at radius 1 is 1.50 bits per heavy atom. The molecule has 0 fully saturated rings. The van der Waals surface area contributed by atoms with Crippen LogP contribution in [0, 0.1) is 18.3 Å². The van der Waals surface area contributed by atoms with Gasteiger partial charge in [0.05, 0.1) is 23.0 Å². The Bertz CT molecular complexity index is 520. The average molecular weight is 205 g/mol. The van der Waals surface area contributed by atoms with Crippen LogP contribution in [0.15, 0.2) is 24.4 Å². The van der Waals surface area contributed by atoms with Crippen LogP contribution in [0.2, 0.25) is 5.02 Å². The third-order valence-corrected chi connectivity index (χ3v) is 2.86. The molecular formula is C11H9ClN2. The van der Waals surface area contributed by atoms with Crippen LogP contribution in [0.4, 0.5) is 0 Å². The number of nitrogens with zero attached hydrogens (tertiary/aromatic N) is 2. The number of halogens is 1. The molecule has 0 atom stereocenters. The van der Waals surface area contributed by atoms with Gasteiger partial charge in [0.1, 0.15) is 0 Å². The van der Waals surface area contributed by atoms with Gasteiger partial charge in [-0.3, -0.25) is 0 Å². The zero-order valence-corrected chi connectivity index (χ0v) is 8.54. The standard InChI is InChI=1S/C11H9ClN2/c1-8-9(5-6-13)14-7-3-2-4-10(14)11(8)12/h2-4,7H,5H2,1H3. The zero-order valence-electron chi connectivity index (χ0n) is 7.79. The largest absolute Gasteiger partial charge is 0.318 e. The summed E-state index contributed by atoms with van der Waals surface area (Å²) in [6.07, 6.45) is 2.32. The molecule has 0 N–H and O–H groups in total. The Morgan fingerprint density at radius 3 is 3.00 bits per heavy atom. The smallest absolute Gasteiger partial charge is 0.0761 e. The lowest BCUT2D eigenvalue weighted by atomic mass is 10.2. The van der Waals surface area contributed by atoms with Gasteiger partial charge in [-0.25, -0.2) is 0 Å². The van der Waals surface area contributed by atoms with Gasteiger partial charge in [0.25, 0.3) is 0 Å². The van der Waals surface area contributed by atoms with Crippen molar-refractivity contribution in [3.8, 4) is 6.07 Å². The molecule has 2 nitrogen and oxygen atoms in total. The minimum absolute atomic E-state index is 0.393. The highest BCUT2D eigenvalue weighted by atomic mass is 35.5. The summed E-state index contributed by atoms with van der Waals surface area (Å²) < 4.78 is 1.97. The lowest BCUT2D eigenvalue weighted by Gasteiger charge is -1.97. The molecule has 2 aromatic heterocycles. The Hall–Kier alpha value is -1.46. The molecule has 0 saturated heterocycles. The fourth-order valence-electron chi connectivity index (χ4n) is 1.65. The average Bonchev–Trinajstić information content (AvgIpc) is 2.45. The van der Waals surface area contributed by atoms with Crippen LogP contribution in [0.5, 0.6) is 0 Å². The van der Waals surface area contributed by atoms with Crippen molar-refractivity contribution >= 4 is 17.1 Å². The maximum absolute atomic E-state index is 8.71. The van der Waals surface area contributed by atoms with Crippen molar-refractivity contribution in [3.05, 3.63) is 40.7 Å². The zero-order chi connectivity index (χ0) is 10.1. The van der Waals surface area contributed by atoms with Crippen molar-refractivity contribution in [2.24, 2.45) is 0 Å². The summed E-state index contributed by atoms with van der Waals surface area (Å²) >= 11 is 6.15. The molecule has 0 bridgehead atoms. The summed E-state index contributed by atoms with van der Waals surface area (Å²) in [6, 6.07) is 7.98. The summed E-state index contributed by atoms with van der Waals surface area (Å²) in [6.45, 7) is 1.95. The van der Waals surface area contributed by atoms with Gasteiger partial charge in [-0.05, 0) is 24.6 Å². The van der Waals surface area contributed by atoms with E-state index in [-0.39, 0.29) is 0 Å². The number of nitriles is 1. The Morgan fingerprint density at radius 2 is 2.29 bits per heavy atom. The van der Waals surface area contributed by atoms with E-state index in [1.165, 1.54) is 0 Å². The van der Waals surface area contributed by atoms with Gasteiger partial charge in [0.15, 0.2) is 0 Å². The Balaban J connectivity index is 2.82. The molecule has 70 valence electrons. The quantitative estimate of drug-likeness (QED) is 0.702. The fraction of sp³-hybridized carbons (Fsp3) is 0.182. The van der Waals surface area contributed by atoms with Gasteiger partial charge in [0.2, 0.25) is 0 Å². The van der Waals surface area contributed by atoms with E-state index in [2.05, 4.69) is 6.07 Å². The molecule has 2 aromatic rings. The number of hydrogen-bond acceptors (Lipinski definition) is 1. The molecule has 0 aromatic carbocycles. The van der Waals surface area contributed by atoms with Crippen LogP contribution < -0.4 is 0 Å². The monoisotopic (exact) mass is 204 g/mol. The van der Waals surface area contributed by atoms with Gasteiger partial charge >= 0.3 is 0 Å². The number of pyridine rings is 1. The van der Waals surface area contributed by atoms with Crippen molar-refractivity contribution < 1.29 is 0 Å². The highest BCUT2D eigenvalue weighted by molar-refractivity contribution is 6.34. The predicted molar refractivity (Wildman–Crippen MR) is 56.5 cm³/mol. The fourth-order valence-corrected chi connectivity index (χ4v) is 1.91. The second-order valence-electron chi connectivity index (χ2n) is 3.18. The van der Waals surface area contributed by atoms with Crippen molar-refractivity contribution in [3.63, 3.8) is 0 Å². The molecule has 0 aliphatic carbocycles. The predicted octanol–water partition coefficient (Wildman–Crippen LogP) is 2.97. The number of fused-ring (bicyclic) bond motifs is 1. The molecule has 14 heavy (non-hydrogen) atoms. The minimum atomic E-state index is 0.393. The van der Waals surface area contributed by atoms with Crippen LogP contribution in [0.1, 0.15) is 11.3 Å². The molecule has 3 heteroatoms. The van der Waals surface area contributed by atoms with E-state index >= 15 is 0 Å². The molecule has 0 aliphatic heterocycles. The summed E-state index contributed by atoms with van der Waals surface area (Å²) in [5, 5.41) is 9.45. The first kappa shape index (κ1) is 9.11. The van der Waals surface area contributed by atoms with Crippen LogP contribution in [-0.2, 0) is 6.42 Å². The van der Waals surface area contributed by atoms with Crippen LogP contribution in [-0.4, -0.2) is 4.40 Å². The maximum atomic E-state index is 8.71. The first-order chi connectivity index (χ1) is 6.75. The van der Waals surface area contributed by atoms with Crippen molar-refractivity contribution in [2.45, 2.75) is 13.3 Å². The summed E-state index contributed by atoms with van der Waals surface area (Å²) in [5.41, 5.74) is 2.95. The SMILES string of the molecule is Cc1c(Cl)c2ccccn2c1CC#N. The third-order valence-electron chi connectivity index (χ3n) is 2.38. The molecule has 0 amide bonds. The van der Waals surface area contributed by atoms with Gasteiger partial charge in [-0.2, -0.15) is 5.26 Å². The number of rotatable bonds is 1. The van der Waals surface area contributed by atoms with Crippen LogP contribution >= 0.6 is 11.6 Å². The summed E-state index contributed by atoms with van der Waals surface area (Å²) in [4.78, 5) is 0. The topological polar surface area (TPSA) is 28.2 Å². The van der Waals surface area contributed by atoms with Gasteiger partial charge in [-0.1, -0.05) is 17.7 Å². The van der Waals surface area contributed by atoms with E-state index in [1.807, 2.05) is 35.7 Å². The molecule has 0 aliphatic rings. The lowest BCUT2D eigenvalue weighted by Crippen LogP contribution is -1.91. The lowest BCUT2D eigenvalue weighted by molar-refractivity contribution is 1.04. The minimum Gasteiger partial charge on any atom is -0.318 e. The summed E-state index contributed by atoms with van der Waals surface area (Å²) in [5.74, 6) is 0. The number of hydrogen-bond donors (Lipinski definition) is 0. The Labute approximate surface area is 87.3 Å². The van der Waals surface area contributed by atoms with E-state index in [0.29, 0.717) is 6.42 Å². The van der Waals surface area contributed by atoms with Gasteiger partial charge < -0.3 is 4.40 Å². The van der Waals surface area contributed by atoms with E-state index in [9.17, 15) is 0 Å². The van der Waals surface area contributed by atoms with E-state index in [0.717, 1.165) is 21.8 Å². The van der Waals surface area contributed by atoms with Crippen LogP contribution in [0.25, 0.3) is 5.52 Å². The van der Waals surface area contributed by atoms with Gasteiger partial charge in [-0.15, -0.1) is 0 Å². The first-order valence-electron chi connectivity index (χ1n) is 4.36. The van der Waals surface area contributed by atoms with E-state index < -0.39 is 0 Å². The molecule has 0 unspecified atom stereocenters. The van der Waals surface area contributed by atoms with Crippen LogP contribution in [0.3, 0.4) is 0 Å². The second-order valence-corrected chi connectivity index (χ2v) is 3.55. The van der Waals surface area contributed by atoms with E-state index in [1.54, 1.807) is 0 Å². The van der Waals surface area contributed by atoms with E-state index in [4.69, 9.17) is 16.9 Å². The highest BCUT2D eigenvalue weighted by Crippen LogP contribution is 2.27. The van der Waals surface area contributed by atoms with Gasteiger partial charge in [0, 0.05) is 11.9 Å². The first-order valence-corrected chi connectivity index (χ1v) is 4.74. The maximum Gasteiger partial charge on any atom is 0.0761 e. The molecular weight excluding hydrogens is 196 g/mol. The number of aromatic nitrogens is 1.